The van der Waals surface area contributed by atoms with Gasteiger partial charge in [-0.3, -0.25) is 9.20 Å². The molecule has 0 radical (unpaired) electrons. The van der Waals surface area contributed by atoms with Crippen molar-refractivity contribution >= 4 is 11.6 Å². The summed E-state index contributed by atoms with van der Waals surface area (Å²) in [5.41, 5.74) is 1.22. The van der Waals surface area contributed by atoms with Crippen LogP contribution in [0.2, 0.25) is 0 Å². The second kappa shape index (κ2) is 6.31. The van der Waals surface area contributed by atoms with Gasteiger partial charge in [0.25, 0.3) is 5.91 Å². The number of rotatable bonds is 3. The first-order valence-electron chi connectivity index (χ1n) is 8.69. The Hall–Kier alpha value is -2.70. The Balaban J connectivity index is 1.55. The Labute approximate surface area is 145 Å². The first-order chi connectivity index (χ1) is 12.1. The zero-order valence-corrected chi connectivity index (χ0v) is 14.4. The number of fused-ring (bicyclic) bond motifs is 1. The summed E-state index contributed by atoms with van der Waals surface area (Å²) in [5, 5.41) is 12.5. The van der Waals surface area contributed by atoms with E-state index >= 15 is 0 Å². The minimum absolute atomic E-state index is 0.0748. The van der Waals surface area contributed by atoms with Gasteiger partial charge in [0, 0.05) is 37.2 Å². The summed E-state index contributed by atoms with van der Waals surface area (Å²) >= 11 is 0. The van der Waals surface area contributed by atoms with E-state index in [1.54, 1.807) is 6.07 Å². The minimum atomic E-state index is -0.0748. The zero-order chi connectivity index (χ0) is 17.4. The lowest BCUT2D eigenvalue weighted by atomic mass is 9.97. The second-order valence-corrected chi connectivity index (χ2v) is 6.85. The lowest BCUT2D eigenvalue weighted by Crippen LogP contribution is -2.39. The van der Waals surface area contributed by atoms with Crippen molar-refractivity contribution in [2.75, 3.05) is 13.1 Å². The molecule has 0 N–H and O–H groups in total. The van der Waals surface area contributed by atoms with Gasteiger partial charge in [-0.1, -0.05) is 25.1 Å². The Kier molecular flexibility index (Phi) is 3.99. The molecule has 7 heteroatoms. The second-order valence-electron chi connectivity index (χ2n) is 6.85. The number of likely N-dealkylation sites (tertiary alicyclic amines) is 1. The summed E-state index contributed by atoms with van der Waals surface area (Å²) in [6.07, 6.45) is 3.90. The van der Waals surface area contributed by atoms with Crippen LogP contribution in [0.3, 0.4) is 0 Å². The third-order valence-corrected chi connectivity index (χ3v) is 4.73. The fourth-order valence-corrected chi connectivity index (χ4v) is 3.33. The quantitative estimate of drug-likeness (QED) is 0.733. The van der Waals surface area contributed by atoms with Gasteiger partial charge < -0.3 is 9.42 Å². The molecule has 7 nitrogen and oxygen atoms in total. The lowest BCUT2D eigenvalue weighted by molar-refractivity contribution is 0.0693. The molecule has 0 aliphatic carbocycles. The minimum Gasteiger partial charge on any atom is -0.360 e. The van der Waals surface area contributed by atoms with E-state index in [2.05, 4.69) is 15.4 Å². The maximum absolute atomic E-state index is 12.8. The van der Waals surface area contributed by atoms with Gasteiger partial charge >= 0.3 is 0 Å². The van der Waals surface area contributed by atoms with Crippen molar-refractivity contribution < 1.29 is 9.32 Å². The number of aromatic nitrogens is 4. The average Bonchev–Trinajstić information content (AvgIpc) is 3.28. The fraction of sp³-hybridized carbons (Fsp3) is 0.444. The summed E-state index contributed by atoms with van der Waals surface area (Å²) in [6.45, 7) is 5.39. The first kappa shape index (κ1) is 15.8. The summed E-state index contributed by atoms with van der Waals surface area (Å²) < 4.78 is 7.28. The van der Waals surface area contributed by atoms with E-state index in [9.17, 15) is 4.79 Å². The largest absolute Gasteiger partial charge is 0.360 e. The van der Waals surface area contributed by atoms with Crippen LogP contribution in [0.15, 0.2) is 35.0 Å². The van der Waals surface area contributed by atoms with Crippen molar-refractivity contribution in [2.24, 2.45) is 0 Å². The molecule has 0 spiro atoms. The number of nitrogens with zero attached hydrogens (tertiary/aromatic N) is 5. The van der Waals surface area contributed by atoms with Gasteiger partial charge in [0.05, 0.1) is 0 Å². The molecule has 1 atom stereocenters. The van der Waals surface area contributed by atoms with Crippen LogP contribution in [0, 0.1) is 0 Å². The molecule has 0 aromatic carbocycles. The van der Waals surface area contributed by atoms with Gasteiger partial charge in [-0.25, -0.2) is 0 Å². The van der Waals surface area contributed by atoms with E-state index < -0.39 is 0 Å². The van der Waals surface area contributed by atoms with Gasteiger partial charge in [-0.2, -0.15) is 0 Å². The van der Waals surface area contributed by atoms with Gasteiger partial charge in [0.15, 0.2) is 11.3 Å². The summed E-state index contributed by atoms with van der Waals surface area (Å²) in [4.78, 5) is 14.6. The van der Waals surface area contributed by atoms with Crippen molar-refractivity contribution in [1.82, 2.24) is 24.7 Å². The molecule has 0 saturated carbocycles. The SMILES string of the molecule is CC(C)c1cc(C(=O)N2CCC[C@@H](c3nnc4ccccn34)C2)no1. The van der Waals surface area contributed by atoms with E-state index in [1.807, 2.05) is 47.5 Å². The zero-order valence-electron chi connectivity index (χ0n) is 14.4. The Morgan fingerprint density at radius 1 is 1.32 bits per heavy atom. The molecule has 130 valence electrons. The van der Waals surface area contributed by atoms with Crippen LogP contribution < -0.4 is 0 Å². The van der Waals surface area contributed by atoms with Crippen LogP contribution in [-0.4, -0.2) is 43.7 Å². The standard InChI is InChI=1S/C18H21N5O2/c1-12(2)15-10-14(21-25-15)18(24)22-8-5-6-13(11-22)17-20-19-16-7-3-4-9-23(16)17/h3-4,7,9-10,12-13H,5-6,8,11H2,1-2H3/t13-/m1/s1. The molecule has 1 amide bonds. The van der Waals surface area contributed by atoms with Crippen molar-refractivity contribution in [3.05, 3.63) is 47.7 Å². The number of carbonyl (C=O) groups is 1. The van der Waals surface area contributed by atoms with Crippen molar-refractivity contribution in [3.63, 3.8) is 0 Å². The first-order valence-corrected chi connectivity index (χ1v) is 8.69. The van der Waals surface area contributed by atoms with Crippen LogP contribution in [-0.2, 0) is 0 Å². The predicted molar refractivity (Wildman–Crippen MR) is 91.5 cm³/mol. The van der Waals surface area contributed by atoms with Crippen molar-refractivity contribution in [1.29, 1.82) is 0 Å². The number of hydrogen-bond acceptors (Lipinski definition) is 5. The molecule has 1 aliphatic rings. The molecule has 25 heavy (non-hydrogen) atoms. The van der Waals surface area contributed by atoms with Gasteiger partial charge in [-0.05, 0) is 25.0 Å². The van der Waals surface area contributed by atoms with E-state index in [-0.39, 0.29) is 17.7 Å². The molecule has 0 bridgehead atoms. The topological polar surface area (TPSA) is 76.5 Å². The van der Waals surface area contributed by atoms with E-state index in [0.29, 0.717) is 12.2 Å². The third kappa shape index (κ3) is 2.90. The Bertz CT molecular complexity index is 898. The lowest BCUT2D eigenvalue weighted by Gasteiger charge is -2.31. The fourth-order valence-electron chi connectivity index (χ4n) is 3.33. The molecule has 0 unspecified atom stereocenters. The molecular formula is C18H21N5O2. The predicted octanol–water partition coefficient (Wildman–Crippen LogP) is 2.86. The summed E-state index contributed by atoms with van der Waals surface area (Å²) in [7, 11) is 0. The Morgan fingerprint density at radius 3 is 3.00 bits per heavy atom. The maximum atomic E-state index is 12.8. The van der Waals surface area contributed by atoms with Gasteiger partial charge in [0.1, 0.15) is 11.6 Å². The highest BCUT2D eigenvalue weighted by molar-refractivity contribution is 5.92. The smallest absolute Gasteiger partial charge is 0.276 e. The van der Waals surface area contributed by atoms with E-state index in [4.69, 9.17) is 4.52 Å². The Morgan fingerprint density at radius 2 is 2.20 bits per heavy atom. The highest BCUT2D eigenvalue weighted by atomic mass is 16.5. The molecule has 1 saturated heterocycles. The van der Waals surface area contributed by atoms with Crippen LogP contribution in [0.4, 0.5) is 0 Å². The number of hydrogen-bond donors (Lipinski definition) is 0. The molecule has 3 aromatic heterocycles. The van der Waals surface area contributed by atoms with E-state index in [0.717, 1.165) is 36.6 Å². The highest BCUT2D eigenvalue weighted by Gasteiger charge is 2.29. The molecule has 4 heterocycles. The molecule has 3 aromatic rings. The van der Waals surface area contributed by atoms with E-state index in [1.165, 1.54) is 0 Å². The third-order valence-electron chi connectivity index (χ3n) is 4.73. The molecule has 1 aliphatic heterocycles. The number of carbonyl (C=O) groups excluding carboxylic acids is 1. The summed E-state index contributed by atoms with van der Waals surface area (Å²) in [5.74, 6) is 1.96. The molecule has 1 fully saturated rings. The van der Waals surface area contributed by atoms with Gasteiger partial charge in [0.2, 0.25) is 0 Å². The van der Waals surface area contributed by atoms with Crippen molar-refractivity contribution in [3.8, 4) is 0 Å². The number of pyridine rings is 1. The van der Waals surface area contributed by atoms with Crippen LogP contribution in [0.1, 0.15) is 60.6 Å². The normalized spacial score (nSPS) is 18.2. The summed E-state index contributed by atoms with van der Waals surface area (Å²) in [6, 6.07) is 7.60. The van der Waals surface area contributed by atoms with Gasteiger partial charge in [-0.15, -0.1) is 10.2 Å². The van der Waals surface area contributed by atoms with Crippen LogP contribution in [0.25, 0.3) is 5.65 Å². The van der Waals surface area contributed by atoms with Crippen molar-refractivity contribution in [2.45, 2.75) is 38.5 Å². The monoisotopic (exact) mass is 339 g/mol. The maximum Gasteiger partial charge on any atom is 0.276 e. The number of amides is 1. The molecular weight excluding hydrogens is 318 g/mol. The highest BCUT2D eigenvalue weighted by Crippen LogP contribution is 2.27. The van der Waals surface area contributed by atoms with Crippen LogP contribution >= 0.6 is 0 Å². The average molecular weight is 339 g/mol. The van der Waals surface area contributed by atoms with Crippen LogP contribution in [0.5, 0.6) is 0 Å². The molecule has 4 rings (SSSR count). The number of piperidine rings is 1.